The van der Waals surface area contributed by atoms with Crippen LogP contribution in [0.2, 0.25) is 0 Å². The number of amides is 3. The lowest BCUT2D eigenvalue weighted by atomic mass is 9.99. The Hall–Kier alpha value is -3.07. The first-order valence-electron chi connectivity index (χ1n) is 11.9. The zero-order chi connectivity index (χ0) is 25.2. The van der Waals surface area contributed by atoms with E-state index in [1.54, 1.807) is 11.0 Å². The monoisotopic (exact) mass is 499 g/mol. The molecule has 1 aromatic carbocycles. The van der Waals surface area contributed by atoms with E-state index in [-0.39, 0.29) is 30.2 Å². The standard InChI is InChI=1S/C26H33N3O5S/c1-26(2,3)34-25(32)27-14-12-19(13-15-27)29-21(18-8-6-5-7-9-18)17-28(24(29)31)16-20-10-11-22(35-20)23(30)33-4/h5-11,19,21H,12-17H2,1-4H3/t21-/m0/s1. The summed E-state index contributed by atoms with van der Waals surface area (Å²) in [5.41, 5.74) is 0.562. The van der Waals surface area contributed by atoms with Gasteiger partial charge < -0.3 is 24.2 Å². The molecule has 3 heterocycles. The lowest BCUT2D eigenvalue weighted by molar-refractivity contribution is 0.0157. The van der Waals surface area contributed by atoms with E-state index in [4.69, 9.17) is 9.47 Å². The summed E-state index contributed by atoms with van der Waals surface area (Å²) in [6, 6.07) is 13.7. The zero-order valence-electron chi connectivity index (χ0n) is 20.7. The van der Waals surface area contributed by atoms with Crippen LogP contribution in [0, 0.1) is 0 Å². The van der Waals surface area contributed by atoms with Crippen LogP contribution >= 0.6 is 11.3 Å². The first-order chi connectivity index (χ1) is 16.7. The number of carbonyl (C=O) groups excluding carboxylic acids is 3. The maximum Gasteiger partial charge on any atom is 0.410 e. The van der Waals surface area contributed by atoms with Gasteiger partial charge in [-0.3, -0.25) is 0 Å². The van der Waals surface area contributed by atoms with Crippen molar-refractivity contribution in [1.29, 1.82) is 0 Å². The van der Waals surface area contributed by atoms with Gasteiger partial charge in [-0.2, -0.15) is 0 Å². The predicted molar refractivity (Wildman–Crippen MR) is 133 cm³/mol. The highest BCUT2D eigenvalue weighted by molar-refractivity contribution is 7.13. The average molecular weight is 500 g/mol. The van der Waals surface area contributed by atoms with Gasteiger partial charge in [-0.1, -0.05) is 30.3 Å². The number of esters is 1. The SMILES string of the molecule is COC(=O)c1ccc(CN2C[C@@H](c3ccccc3)N(C3CCN(C(=O)OC(C)(C)C)CC3)C2=O)s1. The van der Waals surface area contributed by atoms with Gasteiger partial charge >= 0.3 is 18.1 Å². The molecule has 1 aromatic heterocycles. The normalized spacial score (nSPS) is 19.3. The molecule has 2 aliphatic rings. The smallest absolute Gasteiger partial charge is 0.410 e. The topological polar surface area (TPSA) is 79.4 Å². The number of rotatable bonds is 5. The van der Waals surface area contributed by atoms with Crippen LogP contribution in [0.4, 0.5) is 9.59 Å². The molecular weight excluding hydrogens is 466 g/mol. The van der Waals surface area contributed by atoms with E-state index in [1.807, 2.05) is 54.8 Å². The van der Waals surface area contributed by atoms with Gasteiger partial charge in [0.05, 0.1) is 19.7 Å². The molecule has 2 aromatic rings. The number of likely N-dealkylation sites (tertiary alicyclic amines) is 1. The molecule has 3 amide bonds. The molecule has 9 heteroatoms. The van der Waals surface area contributed by atoms with Crippen LogP contribution < -0.4 is 0 Å². The van der Waals surface area contributed by atoms with Gasteiger partial charge in [0.2, 0.25) is 0 Å². The van der Waals surface area contributed by atoms with E-state index in [0.29, 0.717) is 43.9 Å². The van der Waals surface area contributed by atoms with Crippen molar-refractivity contribution < 1.29 is 23.9 Å². The van der Waals surface area contributed by atoms with Gasteiger partial charge in [-0.05, 0) is 51.3 Å². The van der Waals surface area contributed by atoms with Crippen molar-refractivity contribution in [1.82, 2.24) is 14.7 Å². The van der Waals surface area contributed by atoms with Crippen molar-refractivity contribution >= 4 is 29.4 Å². The van der Waals surface area contributed by atoms with Crippen LogP contribution in [0.15, 0.2) is 42.5 Å². The summed E-state index contributed by atoms with van der Waals surface area (Å²) in [6.07, 6.45) is 1.10. The van der Waals surface area contributed by atoms with Crippen LogP contribution in [0.3, 0.4) is 0 Å². The first kappa shape index (κ1) is 25.0. The molecule has 0 unspecified atom stereocenters. The Labute approximate surface area is 210 Å². The molecule has 0 saturated carbocycles. The number of thiophene rings is 1. The largest absolute Gasteiger partial charge is 0.465 e. The van der Waals surface area contributed by atoms with Crippen LogP contribution in [0.1, 0.15) is 59.8 Å². The number of methoxy groups -OCH3 is 1. The van der Waals surface area contributed by atoms with Gasteiger partial charge in [0.1, 0.15) is 10.5 Å². The third-order valence-corrected chi connectivity index (χ3v) is 7.36. The zero-order valence-corrected chi connectivity index (χ0v) is 21.5. The summed E-state index contributed by atoms with van der Waals surface area (Å²) in [5.74, 6) is -0.366. The van der Waals surface area contributed by atoms with Gasteiger partial charge in [-0.15, -0.1) is 11.3 Å². The Morgan fingerprint density at radius 1 is 1.06 bits per heavy atom. The van der Waals surface area contributed by atoms with E-state index < -0.39 is 5.60 Å². The molecule has 0 bridgehead atoms. The second-order valence-electron chi connectivity index (χ2n) is 9.95. The summed E-state index contributed by atoms with van der Waals surface area (Å²) >= 11 is 1.35. The number of hydrogen-bond acceptors (Lipinski definition) is 6. The molecule has 2 saturated heterocycles. The second kappa shape index (κ2) is 10.3. The highest BCUT2D eigenvalue weighted by Crippen LogP contribution is 2.36. The Morgan fingerprint density at radius 3 is 2.37 bits per heavy atom. The highest BCUT2D eigenvalue weighted by Gasteiger charge is 2.43. The summed E-state index contributed by atoms with van der Waals surface area (Å²) in [7, 11) is 1.36. The maximum absolute atomic E-state index is 13.7. The van der Waals surface area contributed by atoms with Crippen molar-refractivity contribution in [3.8, 4) is 0 Å². The Balaban J connectivity index is 1.49. The average Bonchev–Trinajstić information content (AvgIpc) is 3.43. The summed E-state index contributed by atoms with van der Waals surface area (Å²) in [4.78, 5) is 45.0. The van der Waals surface area contributed by atoms with Crippen molar-refractivity contribution in [2.75, 3.05) is 26.7 Å². The molecule has 0 aliphatic carbocycles. The molecule has 0 spiro atoms. The first-order valence-corrected chi connectivity index (χ1v) is 12.7. The molecule has 1 atom stereocenters. The molecule has 0 N–H and O–H groups in total. The minimum absolute atomic E-state index is 0.0115. The minimum atomic E-state index is -0.534. The molecule has 35 heavy (non-hydrogen) atoms. The van der Waals surface area contributed by atoms with E-state index in [9.17, 15) is 14.4 Å². The Morgan fingerprint density at radius 2 is 1.74 bits per heavy atom. The van der Waals surface area contributed by atoms with Crippen molar-refractivity contribution in [2.45, 2.75) is 57.8 Å². The van der Waals surface area contributed by atoms with Crippen LogP contribution in [0.5, 0.6) is 0 Å². The maximum atomic E-state index is 13.7. The number of hydrogen-bond donors (Lipinski definition) is 0. The van der Waals surface area contributed by atoms with E-state index in [2.05, 4.69) is 12.1 Å². The number of nitrogens with zero attached hydrogens (tertiary/aromatic N) is 3. The Bertz CT molecular complexity index is 1060. The number of carbonyl (C=O) groups is 3. The predicted octanol–water partition coefficient (Wildman–Crippen LogP) is 4.91. The highest BCUT2D eigenvalue weighted by atomic mass is 32.1. The number of benzene rings is 1. The van der Waals surface area contributed by atoms with Crippen LogP contribution in [-0.4, -0.2) is 71.2 Å². The van der Waals surface area contributed by atoms with Gasteiger partial charge in [-0.25, -0.2) is 14.4 Å². The molecule has 2 fully saturated rings. The molecule has 2 aliphatic heterocycles. The quantitative estimate of drug-likeness (QED) is 0.546. The van der Waals surface area contributed by atoms with E-state index >= 15 is 0 Å². The fourth-order valence-electron chi connectivity index (χ4n) is 4.67. The third-order valence-electron chi connectivity index (χ3n) is 6.31. The molecular formula is C26H33N3O5S. The Kier molecular flexibility index (Phi) is 7.35. The van der Waals surface area contributed by atoms with E-state index in [1.165, 1.54) is 18.4 Å². The van der Waals surface area contributed by atoms with E-state index in [0.717, 1.165) is 10.4 Å². The summed E-state index contributed by atoms with van der Waals surface area (Å²) in [6.45, 7) is 7.71. The third kappa shape index (κ3) is 5.78. The molecule has 4 rings (SSSR count). The van der Waals surface area contributed by atoms with Gasteiger partial charge in [0.25, 0.3) is 0 Å². The fourth-order valence-corrected chi connectivity index (χ4v) is 5.61. The van der Waals surface area contributed by atoms with Gasteiger partial charge in [0, 0.05) is 30.6 Å². The molecule has 8 nitrogen and oxygen atoms in total. The number of ether oxygens (including phenoxy) is 2. The molecule has 0 radical (unpaired) electrons. The lowest BCUT2D eigenvalue weighted by Gasteiger charge is -2.39. The van der Waals surface area contributed by atoms with Crippen LogP contribution in [-0.2, 0) is 16.0 Å². The van der Waals surface area contributed by atoms with Gasteiger partial charge in [0.15, 0.2) is 0 Å². The fraction of sp³-hybridized carbons (Fsp3) is 0.500. The summed E-state index contributed by atoms with van der Waals surface area (Å²) in [5, 5.41) is 0. The van der Waals surface area contributed by atoms with Crippen LogP contribution in [0.25, 0.3) is 0 Å². The van der Waals surface area contributed by atoms with Crippen molar-refractivity contribution in [3.63, 3.8) is 0 Å². The second-order valence-corrected chi connectivity index (χ2v) is 11.1. The lowest BCUT2D eigenvalue weighted by Crippen LogP contribution is -2.49. The van der Waals surface area contributed by atoms with Crippen molar-refractivity contribution in [2.24, 2.45) is 0 Å². The molecule has 188 valence electrons. The number of piperidine rings is 1. The summed E-state index contributed by atoms with van der Waals surface area (Å²) < 4.78 is 10.3. The number of urea groups is 1. The van der Waals surface area contributed by atoms with Crippen molar-refractivity contribution in [3.05, 3.63) is 57.8 Å². The minimum Gasteiger partial charge on any atom is -0.465 e.